The fourth-order valence-corrected chi connectivity index (χ4v) is 5.19. The summed E-state index contributed by atoms with van der Waals surface area (Å²) in [5.74, 6) is 0.191. The summed E-state index contributed by atoms with van der Waals surface area (Å²) >= 11 is 5.71. The third kappa shape index (κ3) is 5.68. The maximum Gasteiger partial charge on any atom is 0.335 e. The number of pyridine rings is 1. The van der Waals surface area contributed by atoms with Crippen LogP contribution in [-0.2, 0) is 4.79 Å². The number of aromatic carboxylic acids is 1. The summed E-state index contributed by atoms with van der Waals surface area (Å²) in [7, 11) is 0. The fraction of sp³-hybridized carbons (Fsp3) is 0.200. The van der Waals surface area contributed by atoms with E-state index < -0.39 is 5.97 Å². The number of benzene rings is 2. The van der Waals surface area contributed by atoms with E-state index in [1.807, 2.05) is 73.3 Å². The van der Waals surface area contributed by atoms with Crippen molar-refractivity contribution in [2.24, 2.45) is 0 Å². The second kappa shape index (κ2) is 11.1. The number of hydrogen-bond acceptors (Lipinski definition) is 5. The molecule has 1 saturated heterocycles. The van der Waals surface area contributed by atoms with Crippen LogP contribution in [0.5, 0.6) is 0 Å². The third-order valence-corrected chi connectivity index (χ3v) is 7.09. The van der Waals surface area contributed by atoms with E-state index in [1.165, 1.54) is 0 Å². The Morgan fingerprint density at radius 1 is 1.08 bits per heavy atom. The zero-order valence-corrected chi connectivity index (χ0v) is 22.4. The zero-order chi connectivity index (χ0) is 27.5. The highest BCUT2D eigenvalue weighted by molar-refractivity contribution is 7.80. The Hall–Kier alpha value is -4.50. The zero-order valence-electron chi connectivity index (χ0n) is 21.5. The van der Waals surface area contributed by atoms with Crippen molar-refractivity contribution in [3.63, 3.8) is 0 Å². The number of amides is 1. The van der Waals surface area contributed by atoms with Crippen LogP contribution in [0.1, 0.15) is 51.4 Å². The van der Waals surface area contributed by atoms with Gasteiger partial charge in [-0.2, -0.15) is 0 Å². The lowest BCUT2D eigenvalue weighted by Crippen LogP contribution is -2.32. The number of aromatic nitrogens is 1. The van der Waals surface area contributed by atoms with Crippen LogP contribution in [-0.4, -0.2) is 38.5 Å². The second-order valence-electron chi connectivity index (χ2n) is 9.52. The van der Waals surface area contributed by atoms with Gasteiger partial charge >= 0.3 is 5.97 Å². The molecule has 0 bridgehead atoms. The van der Waals surface area contributed by atoms with Gasteiger partial charge in [-0.1, -0.05) is 24.3 Å². The first kappa shape index (κ1) is 26.1. The van der Waals surface area contributed by atoms with E-state index in [2.05, 4.69) is 15.6 Å². The van der Waals surface area contributed by atoms with Crippen molar-refractivity contribution in [1.29, 1.82) is 0 Å². The summed E-state index contributed by atoms with van der Waals surface area (Å²) in [6, 6.07) is 21.5. The number of carboxylic acids is 1. The first-order chi connectivity index (χ1) is 18.8. The molecule has 3 heterocycles. The molecule has 8 nitrogen and oxygen atoms in total. The smallest absolute Gasteiger partial charge is 0.335 e. The largest absolute Gasteiger partial charge is 0.478 e. The SMILES string of the molecule is Cc1cccc(NC(=O)CCN2C(=S)N[C@H](c3ccccn3)[C@H]2c2ccc(-c3ccc(C(=O)O)cc3C)o2)c1. The summed E-state index contributed by atoms with van der Waals surface area (Å²) in [5.41, 5.74) is 4.44. The molecule has 2 aromatic carbocycles. The van der Waals surface area contributed by atoms with Gasteiger partial charge in [-0.3, -0.25) is 9.78 Å². The maximum absolute atomic E-state index is 12.8. The molecule has 3 N–H and O–H groups in total. The van der Waals surface area contributed by atoms with Gasteiger partial charge in [0, 0.05) is 30.4 Å². The number of rotatable bonds is 8. The van der Waals surface area contributed by atoms with Gasteiger partial charge in [0.1, 0.15) is 17.6 Å². The van der Waals surface area contributed by atoms with E-state index in [9.17, 15) is 14.7 Å². The maximum atomic E-state index is 12.8. The van der Waals surface area contributed by atoms with Crippen LogP contribution in [0.15, 0.2) is 83.4 Å². The molecular weight excluding hydrogens is 512 g/mol. The summed E-state index contributed by atoms with van der Waals surface area (Å²) < 4.78 is 6.36. The van der Waals surface area contributed by atoms with Crippen LogP contribution in [0.25, 0.3) is 11.3 Å². The number of carbonyl (C=O) groups excluding carboxylic acids is 1. The van der Waals surface area contributed by atoms with Gasteiger partial charge < -0.3 is 25.1 Å². The van der Waals surface area contributed by atoms with E-state index >= 15 is 0 Å². The third-order valence-electron chi connectivity index (χ3n) is 6.74. The summed E-state index contributed by atoms with van der Waals surface area (Å²) in [6.07, 6.45) is 1.96. The average Bonchev–Trinajstić information content (AvgIpc) is 3.52. The molecule has 1 amide bonds. The van der Waals surface area contributed by atoms with Crippen molar-refractivity contribution in [3.05, 3.63) is 107 Å². The molecule has 4 aromatic rings. The molecule has 5 rings (SSSR count). The molecule has 2 atom stereocenters. The van der Waals surface area contributed by atoms with Gasteiger partial charge in [0.05, 0.1) is 17.3 Å². The van der Waals surface area contributed by atoms with Gasteiger partial charge in [0.2, 0.25) is 5.91 Å². The molecule has 1 aliphatic heterocycles. The van der Waals surface area contributed by atoms with E-state index in [0.29, 0.717) is 23.2 Å². The number of carboxylic acid groups (broad SMARTS) is 1. The first-order valence-corrected chi connectivity index (χ1v) is 13.0. The molecular formula is C30H28N4O4S. The monoisotopic (exact) mass is 540 g/mol. The van der Waals surface area contributed by atoms with Gasteiger partial charge in [0.15, 0.2) is 5.11 Å². The number of nitrogens with zero attached hydrogens (tertiary/aromatic N) is 2. The lowest BCUT2D eigenvalue weighted by atomic mass is 10.0. The molecule has 9 heteroatoms. The van der Waals surface area contributed by atoms with Crippen molar-refractivity contribution in [1.82, 2.24) is 15.2 Å². The minimum absolute atomic E-state index is 0.113. The minimum atomic E-state index is -0.976. The summed E-state index contributed by atoms with van der Waals surface area (Å²) in [5, 5.41) is 16.1. The Kier molecular flexibility index (Phi) is 7.42. The molecule has 0 saturated carbocycles. The van der Waals surface area contributed by atoms with Crippen molar-refractivity contribution in [3.8, 4) is 11.3 Å². The lowest BCUT2D eigenvalue weighted by Gasteiger charge is -2.26. The minimum Gasteiger partial charge on any atom is -0.478 e. The van der Waals surface area contributed by atoms with Crippen LogP contribution in [0.4, 0.5) is 5.69 Å². The van der Waals surface area contributed by atoms with Gasteiger partial charge in [-0.25, -0.2) is 4.79 Å². The van der Waals surface area contributed by atoms with Crippen LogP contribution in [0.2, 0.25) is 0 Å². The Balaban J connectivity index is 1.41. The van der Waals surface area contributed by atoms with E-state index in [4.69, 9.17) is 16.6 Å². The highest BCUT2D eigenvalue weighted by Crippen LogP contribution is 2.41. The molecule has 0 spiro atoms. The topological polar surface area (TPSA) is 108 Å². The van der Waals surface area contributed by atoms with Gasteiger partial charge in [0.25, 0.3) is 0 Å². The highest BCUT2D eigenvalue weighted by atomic mass is 32.1. The van der Waals surface area contributed by atoms with Crippen molar-refractivity contribution < 1.29 is 19.1 Å². The number of aryl methyl sites for hydroxylation is 2. The van der Waals surface area contributed by atoms with Crippen LogP contribution in [0.3, 0.4) is 0 Å². The van der Waals surface area contributed by atoms with Crippen molar-refractivity contribution >= 4 is 34.9 Å². The number of carbonyl (C=O) groups is 2. The molecule has 1 fully saturated rings. The fourth-order valence-electron chi connectivity index (χ4n) is 4.85. The second-order valence-corrected chi connectivity index (χ2v) is 9.91. The van der Waals surface area contributed by atoms with Crippen molar-refractivity contribution in [2.75, 3.05) is 11.9 Å². The quantitative estimate of drug-likeness (QED) is 0.246. The molecule has 0 radical (unpaired) electrons. The van der Waals surface area contributed by atoms with E-state index in [1.54, 1.807) is 24.4 Å². The van der Waals surface area contributed by atoms with Crippen LogP contribution in [0, 0.1) is 13.8 Å². The number of hydrogen-bond donors (Lipinski definition) is 3. The highest BCUT2D eigenvalue weighted by Gasteiger charge is 2.41. The molecule has 0 aliphatic carbocycles. The Labute approximate surface area is 231 Å². The van der Waals surface area contributed by atoms with Gasteiger partial charge in [-0.15, -0.1) is 0 Å². The number of anilines is 1. The predicted molar refractivity (Wildman–Crippen MR) is 152 cm³/mol. The van der Waals surface area contributed by atoms with E-state index in [-0.39, 0.29) is 30.0 Å². The van der Waals surface area contributed by atoms with Gasteiger partial charge in [-0.05, 0) is 85.7 Å². The molecule has 2 aromatic heterocycles. The Bertz CT molecular complexity index is 1530. The van der Waals surface area contributed by atoms with Crippen molar-refractivity contribution in [2.45, 2.75) is 32.4 Å². The van der Waals surface area contributed by atoms with Crippen LogP contribution >= 0.6 is 12.2 Å². The molecule has 1 aliphatic rings. The Morgan fingerprint density at radius 2 is 1.92 bits per heavy atom. The average molecular weight is 541 g/mol. The lowest BCUT2D eigenvalue weighted by molar-refractivity contribution is -0.116. The molecule has 198 valence electrons. The number of thiocarbonyl (C=S) groups is 1. The summed E-state index contributed by atoms with van der Waals surface area (Å²) in [4.78, 5) is 30.7. The normalized spacial score (nSPS) is 16.7. The first-order valence-electron chi connectivity index (χ1n) is 12.6. The molecule has 0 unspecified atom stereocenters. The molecule has 39 heavy (non-hydrogen) atoms. The summed E-state index contributed by atoms with van der Waals surface area (Å²) in [6.45, 7) is 4.21. The van der Waals surface area contributed by atoms with E-state index in [0.717, 1.165) is 28.1 Å². The predicted octanol–water partition coefficient (Wildman–Crippen LogP) is 5.66. The Morgan fingerprint density at radius 3 is 2.64 bits per heavy atom. The number of nitrogens with one attached hydrogen (secondary N) is 2. The van der Waals surface area contributed by atoms with Crippen LogP contribution < -0.4 is 10.6 Å². The standard InChI is InChI=1S/C30H28N4O4S/c1-18-6-5-7-21(16-18)32-26(35)13-15-34-28(27(33-30(34)39)23-8-3-4-14-31-23)25-12-11-24(38-25)22-10-9-20(29(36)37)17-19(22)2/h3-12,14,16-17,27-28H,13,15H2,1-2H3,(H,32,35)(H,33,39)(H,36,37)/t27-,28-/m1/s1. The number of furan rings is 1.